The van der Waals surface area contributed by atoms with Gasteiger partial charge in [-0.2, -0.15) is 0 Å². The first kappa shape index (κ1) is 10.7. The monoisotopic (exact) mass is 184 g/mol. The van der Waals surface area contributed by atoms with Crippen LogP contribution in [0.5, 0.6) is 0 Å². The van der Waals surface area contributed by atoms with Crippen molar-refractivity contribution < 1.29 is 9.47 Å². The van der Waals surface area contributed by atoms with Gasteiger partial charge in [0.05, 0.1) is 0 Å². The molecular weight excluding hydrogens is 164 g/mol. The van der Waals surface area contributed by atoms with Crippen LogP contribution in [0.15, 0.2) is 12.7 Å². The highest BCUT2D eigenvalue weighted by molar-refractivity contribution is 4.81. The molecule has 0 spiro atoms. The molecule has 0 amide bonds. The second-order valence-corrected chi connectivity index (χ2v) is 3.58. The van der Waals surface area contributed by atoms with Gasteiger partial charge in [-0.3, -0.25) is 0 Å². The van der Waals surface area contributed by atoms with Crippen LogP contribution in [-0.2, 0) is 9.47 Å². The lowest BCUT2D eigenvalue weighted by atomic mass is 9.84. The van der Waals surface area contributed by atoms with Crippen LogP contribution in [0.3, 0.4) is 0 Å². The van der Waals surface area contributed by atoms with E-state index in [1.807, 2.05) is 6.08 Å². The summed E-state index contributed by atoms with van der Waals surface area (Å²) in [5.74, 6) is 1.20. The SMILES string of the molecule is C=CCC(C(CC)CC)C1OCO1. The predicted octanol–water partition coefficient (Wildman–Crippen LogP) is 2.95. The maximum atomic E-state index is 5.36. The minimum atomic E-state index is 0.0305. The molecule has 2 nitrogen and oxygen atoms in total. The Morgan fingerprint density at radius 2 is 2.00 bits per heavy atom. The average Bonchev–Trinajstić information content (AvgIpc) is 2.04. The Hall–Kier alpha value is -0.340. The highest BCUT2D eigenvalue weighted by atomic mass is 16.8. The van der Waals surface area contributed by atoms with E-state index in [1.165, 1.54) is 12.8 Å². The van der Waals surface area contributed by atoms with Gasteiger partial charge in [0.15, 0.2) is 13.1 Å². The molecule has 1 atom stereocenters. The molecule has 0 bridgehead atoms. The second kappa shape index (κ2) is 5.40. The average molecular weight is 184 g/mol. The van der Waals surface area contributed by atoms with Gasteiger partial charge in [0, 0.05) is 5.92 Å². The smallest absolute Gasteiger partial charge is 0.166 e. The van der Waals surface area contributed by atoms with Crippen molar-refractivity contribution in [1.82, 2.24) is 0 Å². The van der Waals surface area contributed by atoms with E-state index in [1.54, 1.807) is 0 Å². The van der Waals surface area contributed by atoms with Crippen molar-refractivity contribution in [2.45, 2.75) is 39.4 Å². The largest absolute Gasteiger partial charge is 0.326 e. The van der Waals surface area contributed by atoms with Crippen LogP contribution in [0, 0.1) is 11.8 Å². The lowest BCUT2D eigenvalue weighted by molar-refractivity contribution is -0.345. The van der Waals surface area contributed by atoms with Gasteiger partial charge >= 0.3 is 0 Å². The Labute approximate surface area is 80.9 Å². The van der Waals surface area contributed by atoms with Gasteiger partial charge in [0.1, 0.15) is 0 Å². The molecule has 0 aromatic carbocycles. The molecule has 0 radical (unpaired) electrons. The summed E-state index contributed by atoms with van der Waals surface area (Å²) in [4.78, 5) is 0. The lowest BCUT2D eigenvalue weighted by Crippen LogP contribution is -2.40. The molecule has 1 unspecified atom stereocenters. The summed E-state index contributed by atoms with van der Waals surface area (Å²) in [5.41, 5.74) is 0. The van der Waals surface area contributed by atoms with Crippen molar-refractivity contribution in [1.29, 1.82) is 0 Å². The fourth-order valence-corrected chi connectivity index (χ4v) is 2.01. The van der Waals surface area contributed by atoms with E-state index in [4.69, 9.17) is 9.47 Å². The zero-order valence-corrected chi connectivity index (χ0v) is 8.66. The van der Waals surface area contributed by atoms with Gasteiger partial charge < -0.3 is 9.47 Å². The summed E-state index contributed by atoms with van der Waals surface area (Å²) in [6.45, 7) is 8.70. The first-order valence-electron chi connectivity index (χ1n) is 5.17. The molecule has 1 rings (SSSR count). The van der Waals surface area contributed by atoms with Crippen molar-refractivity contribution in [2.24, 2.45) is 11.8 Å². The molecule has 0 aromatic rings. The number of hydrogen-bond donors (Lipinski definition) is 0. The van der Waals surface area contributed by atoms with Crippen LogP contribution in [0.4, 0.5) is 0 Å². The molecular formula is C11H20O2. The van der Waals surface area contributed by atoms with Crippen molar-refractivity contribution in [3.05, 3.63) is 12.7 Å². The fourth-order valence-electron chi connectivity index (χ4n) is 2.01. The molecule has 0 N–H and O–H groups in total. The third-order valence-electron chi connectivity index (χ3n) is 2.91. The molecule has 1 heterocycles. The second-order valence-electron chi connectivity index (χ2n) is 3.58. The van der Waals surface area contributed by atoms with Crippen LogP contribution >= 0.6 is 0 Å². The van der Waals surface area contributed by atoms with Crippen LogP contribution < -0.4 is 0 Å². The first-order chi connectivity index (χ1) is 6.33. The molecule has 0 saturated carbocycles. The molecule has 2 heteroatoms. The molecule has 1 aliphatic heterocycles. The summed E-state index contributed by atoms with van der Waals surface area (Å²) in [6, 6.07) is 0. The summed E-state index contributed by atoms with van der Waals surface area (Å²) in [7, 11) is 0. The van der Waals surface area contributed by atoms with Crippen molar-refractivity contribution in [3.63, 3.8) is 0 Å². The van der Waals surface area contributed by atoms with E-state index in [9.17, 15) is 0 Å². The molecule has 0 aromatic heterocycles. The van der Waals surface area contributed by atoms with Gasteiger partial charge in [-0.05, 0) is 12.3 Å². The molecule has 1 saturated heterocycles. The topological polar surface area (TPSA) is 18.5 Å². The maximum absolute atomic E-state index is 5.36. The van der Waals surface area contributed by atoms with Crippen LogP contribution in [0.1, 0.15) is 33.1 Å². The summed E-state index contributed by atoms with van der Waals surface area (Å²) < 4.78 is 10.7. The van der Waals surface area contributed by atoms with Crippen molar-refractivity contribution in [2.75, 3.05) is 6.79 Å². The van der Waals surface area contributed by atoms with E-state index >= 15 is 0 Å². The Morgan fingerprint density at radius 1 is 1.38 bits per heavy atom. The summed E-state index contributed by atoms with van der Waals surface area (Å²) >= 11 is 0. The third kappa shape index (κ3) is 2.55. The normalized spacial score (nSPS) is 19.9. The molecule has 13 heavy (non-hydrogen) atoms. The highest BCUT2D eigenvalue weighted by Crippen LogP contribution is 2.31. The number of allylic oxidation sites excluding steroid dienone is 1. The quantitative estimate of drug-likeness (QED) is 0.591. The highest BCUT2D eigenvalue weighted by Gasteiger charge is 2.32. The minimum absolute atomic E-state index is 0.0305. The van der Waals surface area contributed by atoms with E-state index in [0.29, 0.717) is 18.6 Å². The molecule has 1 aliphatic rings. The van der Waals surface area contributed by atoms with E-state index in [2.05, 4.69) is 20.4 Å². The van der Waals surface area contributed by atoms with E-state index < -0.39 is 0 Å². The molecule has 0 aliphatic carbocycles. The zero-order chi connectivity index (χ0) is 9.68. The molecule has 1 fully saturated rings. The summed E-state index contributed by atoms with van der Waals surface area (Å²) in [5, 5.41) is 0. The lowest BCUT2D eigenvalue weighted by Gasteiger charge is -2.37. The van der Waals surface area contributed by atoms with E-state index in [-0.39, 0.29) is 6.29 Å². The van der Waals surface area contributed by atoms with Gasteiger partial charge in [0.2, 0.25) is 0 Å². The number of rotatable bonds is 6. The van der Waals surface area contributed by atoms with Crippen molar-refractivity contribution in [3.8, 4) is 0 Å². The molecule has 76 valence electrons. The maximum Gasteiger partial charge on any atom is 0.166 e. The third-order valence-corrected chi connectivity index (χ3v) is 2.91. The van der Waals surface area contributed by atoms with Crippen molar-refractivity contribution >= 4 is 0 Å². The Kier molecular flexibility index (Phi) is 4.46. The van der Waals surface area contributed by atoms with Crippen LogP contribution in [0.2, 0.25) is 0 Å². The van der Waals surface area contributed by atoms with Crippen LogP contribution in [-0.4, -0.2) is 13.1 Å². The number of ether oxygens (including phenoxy) is 2. The summed E-state index contributed by atoms with van der Waals surface area (Å²) in [6.07, 6.45) is 5.38. The Morgan fingerprint density at radius 3 is 2.31 bits per heavy atom. The van der Waals surface area contributed by atoms with Crippen LogP contribution in [0.25, 0.3) is 0 Å². The van der Waals surface area contributed by atoms with Gasteiger partial charge in [-0.15, -0.1) is 6.58 Å². The minimum Gasteiger partial charge on any atom is -0.326 e. The van der Waals surface area contributed by atoms with Gasteiger partial charge in [-0.25, -0.2) is 0 Å². The van der Waals surface area contributed by atoms with Gasteiger partial charge in [0.25, 0.3) is 0 Å². The Balaban J connectivity index is 2.47. The van der Waals surface area contributed by atoms with E-state index in [0.717, 1.165) is 6.42 Å². The fraction of sp³-hybridized carbons (Fsp3) is 0.818. The number of hydrogen-bond acceptors (Lipinski definition) is 2. The predicted molar refractivity (Wildman–Crippen MR) is 53.2 cm³/mol. The Bertz CT molecular complexity index is 148. The zero-order valence-electron chi connectivity index (χ0n) is 8.66. The first-order valence-corrected chi connectivity index (χ1v) is 5.17. The standard InChI is InChI=1S/C11H20O2/c1-4-7-10(9(5-2)6-3)11-12-8-13-11/h4,9-11H,1,5-8H2,2-3H3. The van der Waals surface area contributed by atoms with Gasteiger partial charge in [-0.1, -0.05) is 32.8 Å².